The van der Waals surface area contributed by atoms with Gasteiger partial charge >= 0.3 is 0 Å². The van der Waals surface area contributed by atoms with Gasteiger partial charge in [0, 0.05) is 18.7 Å². The fraction of sp³-hybridized carbons (Fsp3) is 0.571. The van der Waals surface area contributed by atoms with Crippen molar-refractivity contribution >= 4 is 39.7 Å². The van der Waals surface area contributed by atoms with Gasteiger partial charge in [-0.25, -0.2) is 13.1 Å². The molecule has 0 aromatic heterocycles. The zero-order valence-electron chi connectivity index (χ0n) is 13.2. The summed E-state index contributed by atoms with van der Waals surface area (Å²) in [5, 5.41) is 10.6. The van der Waals surface area contributed by atoms with Gasteiger partial charge in [-0.1, -0.05) is 24.4 Å². The van der Waals surface area contributed by atoms with Gasteiger partial charge < -0.3 is 5.73 Å². The highest BCUT2D eigenvalue weighted by atomic mass is 35.5. The molecule has 136 valence electrons. The Balaban J connectivity index is 0.00000288. The molecule has 0 bridgehead atoms. The number of sulfonamides is 1. The first-order chi connectivity index (χ1) is 10.8. The Morgan fingerprint density at radius 2 is 2.00 bits per heavy atom. The summed E-state index contributed by atoms with van der Waals surface area (Å²) in [5.41, 5.74) is 5.75. The summed E-state index contributed by atoms with van der Waals surface area (Å²) in [4.78, 5) is 10.1. The van der Waals surface area contributed by atoms with Gasteiger partial charge in [-0.3, -0.25) is 10.1 Å². The number of rotatable bonds is 6. The minimum atomic E-state index is -3.98. The Hall–Kier alpha value is -0.930. The van der Waals surface area contributed by atoms with E-state index in [-0.39, 0.29) is 34.8 Å². The quantitative estimate of drug-likeness (QED) is 0.565. The third-order valence-electron chi connectivity index (χ3n) is 4.18. The summed E-state index contributed by atoms with van der Waals surface area (Å²) in [5.74, 6) is 0.188. The van der Waals surface area contributed by atoms with Gasteiger partial charge in [-0.05, 0) is 37.3 Å². The molecule has 1 unspecified atom stereocenters. The molecular formula is C14H21Cl2N3O4S. The van der Waals surface area contributed by atoms with Crippen LogP contribution in [-0.4, -0.2) is 25.9 Å². The number of nitrogens with zero attached hydrogens (tertiary/aromatic N) is 1. The number of halogens is 2. The number of hydrogen-bond acceptors (Lipinski definition) is 5. The molecule has 0 heterocycles. The van der Waals surface area contributed by atoms with Crippen molar-refractivity contribution in [3.8, 4) is 0 Å². The van der Waals surface area contributed by atoms with Gasteiger partial charge in [-0.15, -0.1) is 12.4 Å². The van der Waals surface area contributed by atoms with Gasteiger partial charge in [0.2, 0.25) is 10.0 Å². The SMILES string of the molecule is Cc1cc([N+](=O)[O-])c(Cl)c(S(=O)(=O)NC(CN)C2CCCC2)c1.Cl. The lowest BCUT2D eigenvalue weighted by Gasteiger charge is -2.23. The summed E-state index contributed by atoms with van der Waals surface area (Å²) in [6, 6.07) is 2.19. The van der Waals surface area contributed by atoms with Crippen molar-refractivity contribution in [2.24, 2.45) is 11.7 Å². The molecule has 7 nitrogen and oxygen atoms in total. The highest BCUT2D eigenvalue weighted by Gasteiger charge is 2.31. The van der Waals surface area contributed by atoms with Crippen molar-refractivity contribution in [3.63, 3.8) is 0 Å². The largest absolute Gasteiger partial charge is 0.329 e. The third kappa shape index (κ3) is 4.58. The molecule has 3 N–H and O–H groups in total. The van der Waals surface area contributed by atoms with Crippen molar-refractivity contribution in [3.05, 3.63) is 32.8 Å². The van der Waals surface area contributed by atoms with Gasteiger partial charge in [0.15, 0.2) is 0 Å². The maximum Gasteiger partial charge on any atom is 0.289 e. The van der Waals surface area contributed by atoms with E-state index in [1.807, 2.05) is 0 Å². The fourth-order valence-corrected chi connectivity index (χ4v) is 4.98. The van der Waals surface area contributed by atoms with Gasteiger partial charge in [-0.2, -0.15) is 0 Å². The zero-order chi connectivity index (χ0) is 17.2. The Morgan fingerprint density at radius 3 is 2.50 bits per heavy atom. The van der Waals surface area contributed by atoms with Gasteiger partial charge in [0.1, 0.15) is 9.92 Å². The molecule has 2 rings (SSSR count). The number of hydrogen-bond donors (Lipinski definition) is 2. The summed E-state index contributed by atoms with van der Waals surface area (Å²) in [6.45, 7) is 1.76. The van der Waals surface area contributed by atoms with E-state index in [2.05, 4.69) is 4.72 Å². The predicted octanol–water partition coefficient (Wildman–Crippen LogP) is 2.77. The van der Waals surface area contributed by atoms with Crippen LogP contribution in [0.25, 0.3) is 0 Å². The van der Waals surface area contributed by atoms with E-state index in [4.69, 9.17) is 17.3 Å². The van der Waals surface area contributed by atoms with Crippen molar-refractivity contribution in [2.75, 3.05) is 6.54 Å². The summed E-state index contributed by atoms with van der Waals surface area (Å²) >= 11 is 5.95. The summed E-state index contributed by atoms with van der Waals surface area (Å²) in [6.07, 6.45) is 3.96. The Kier molecular flexibility index (Phi) is 7.43. The lowest BCUT2D eigenvalue weighted by Crippen LogP contribution is -2.44. The second-order valence-corrected chi connectivity index (χ2v) is 7.92. The van der Waals surface area contributed by atoms with Crippen LogP contribution in [0, 0.1) is 23.0 Å². The molecule has 0 aliphatic heterocycles. The Morgan fingerprint density at radius 1 is 1.42 bits per heavy atom. The molecule has 0 saturated heterocycles. The van der Waals surface area contributed by atoms with E-state index >= 15 is 0 Å². The van der Waals surface area contributed by atoms with Gasteiger partial charge in [0.25, 0.3) is 5.69 Å². The average molecular weight is 398 g/mol. The highest BCUT2D eigenvalue weighted by Crippen LogP contribution is 2.33. The summed E-state index contributed by atoms with van der Waals surface area (Å²) in [7, 11) is -3.98. The highest BCUT2D eigenvalue weighted by molar-refractivity contribution is 7.89. The molecule has 0 spiro atoms. The van der Waals surface area contributed by atoms with Crippen LogP contribution in [0.4, 0.5) is 5.69 Å². The van der Waals surface area contributed by atoms with Crippen LogP contribution in [0.2, 0.25) is 5.02 Å². The second kappa shape index (κ2) is 8.44. The molecule has 1 aliphatic carbocycles. The van der Waals surface area contributed by atoms with Crippen molar-refractivity contribution < 1.29 is 13.3 Å². The third-order valence-corrected chi connectivity index (χ3v) is 6.20. The van der Waals surface area contributed by atoms with Crippen LogP contribution in [0.1, 0.15) is 31.2 Å². The molecule has 24 heavy (non-hydrogen) atoms. The standard InChI is InChI=1S/C14H20ClN3O4S.ClH/c1-9-6-12(18(19)20)14(15)13(7-9)23(21,22)17-11(8-16)10-4-2-3-5-10;/h6-7,10-11,17H,2-5,8,16H2,1H3;1H. The number of nitro benzene ring substituents is 1. The Bertz CT molecular complexity index is 706. The zero-order valence-corrected chi connectivity index (χ0v) is 15.6. The second-order valence-electron chi connectivity index (χ2n) is 5.86. The Labute approximate surface area is 152 Å². The molecule has 1 fully saturated rings. The van der Waals surface area contributed by atoms with Crippen LogP contribution in [0.5, 0.6) is 0 Å². The number of nitro groups is 1. The first-order valence-electron chi connectivity index (χ1n) is 7.43. The molecule has 1 aromatic rings. The van der Waals surface area contributed by atoms with Crippen LogP contribution in [0.15, 0.2) is 17.0 Å². The first kappa shape index (κ1) is 21.1. The number of nitrogens with two attached hydrogens (primary N) is 1. The molecule has 1 atom stereocenters. The molecule has 0 amide bonds. The molecular weight excluding hydrogens is 377 g/mol. The van der Waals surface area contributed by atoms with E-state index in [0.29, 0.717) is 5.56 Å². The lowest BCUT2D eigenvalue weighted by atomic mass is 9.99. The minimum absolute atomic E-state index is 0. The molecule has 1 aliphatic rings. The van der Waals surface area contributed by atoms with E-state index in [1.165, 1.54) is 12.1 Å². The number of aryl methyl sites for hydroxylation is 1. The lowest BCUT2D eigenvalue weighted by molar-refractivity contribution is -0.385. The van der Waals surface area contributed by atoms with E-state index in [0.717, 1.165) is 25.7 Å². The smallest absolute Gasteiger partial charge is 0.289 e. The first-order valence-corrected chi connectivity index (χ1v) is 9.29. The van der Waals surface area contributed by atoms with Crippen molar-refractivity contribution in [1.82, 2.24) is 4.72 Å². The molecule has 0 radical (unpaired) electrons. The van der Waals surface area contributed by atoms with E-state index in [9.17, 15) is 18.5 Å². The van der Waals surface area contributed by atoms with E-state index in [1.54, 1.807) is 6.92 Å². The topological polar surface area (TPSA) is 115 Å². The number of nitrogens with one attached hydrogen (secondary N) is 1. The molecule has 1 aromatic carbocycles. The van der Waals surface area contributed by atoms with E-state index < -0.39 is 26.7 Å². The van der Waals surface area contributed by atoms with Crippen LogP contribution in [-0.2, 0) is 10.0 Å². The van der Waals surface area contributed by atoms with Crippen LogP contribution < -0.4 is 10.5 Å². The van der Waals surface area contributed by atoms with Gasteiger partial charge in [0.05, 0.1) is 4.92 Å². The number of benzene rings is 1. The predicted molar refractivity (Wildman–Crippen MR) is 95.2 cm³/mol. The molecule has 10 heteroatoms. The maximum absolute atomic E-state index is 12.6. The van der Waals surface area contributed by atoms with Crippen LogP contribution >= 0.6 is 24.0 Å². The minimum Gasteiger partial charge on any atom is -0.329 e. The van der Waals surface area contributed by atoms with Crippen molar-refractivity contribution in [2.45, 2.75) is 43.5 Å². The fourth-order valence-electron chi connectivity index (χ4n) is 3.00. The van der Waals surface area contributed by atoms with Crippen LogP contribution in [0.3, 0.4) is 0 Å². The van der Waals surface area contributed by atoms with Crippen molar-refractivity contribution in [1.29, 1.82) is 0 Å². The maximum atomic E-state index is 12.6. The summed E-state index contributed by atoms with van der Waals surface area (Å²) < 4.78 is 27.8. The monoisotopic (exact) mass is 397 g/mol. The molecule has 1 saturated carbocycles. The average Bonchev–Trinajstić information content (AvgIpc) is 3.00. The normalized spacial score (nSPS) is 16.6.